The standard InChI is InChI=1S/C8H11N3O2/c1-11-4-6(3-10-5-11)2-7(9)8(12)13/h3-5,7H,2,9H2,1H3/p+1. The summed E-state index contributed by atoms with van der Waals surface area (Å²) in [6, 6.07) is -0.857. The molecule has 0 bridgehead atoms. The van der Waals surface area contributed by atoms with E-state index in [1.807, 2.05) is 7.05 Å². The average molecular weight is 182 g/mol. The van der Waals surface area contributed by atoms with Crippen molar-refractivity contribution in [2.75, 3.05) is 0 Å². The third kappa shape index (κ3) is 2.79. The molecule has 1 aromatic heterocycles. The quantitative estimate of drug-likeness (QED) is 0.579. The van der Waals surface area contributed by atoms with E-state index < -0.39 is 12.0 Å². The van der Waals surface area contributed by atoms with Gasteiger partial charge in [0.2, 0.25) is 0 Å². The van der Waals surface area contributed by atoms with E-state index in [2.05, 4.69) is 4.98 Å². The maximum absolute atomic E-state index is 10.4. The number of nitrogens with zero attached hydrogens (tertiary/aromatic N) is 2. The van der Waals surface area contributed by atoms with Gasteiger partial charge in [-0.1, -0.05) is 4.98 Å². The molecule has 5 nitrogen and oxygen atoms in total. The molecule has 0 fully saturated rings. The first-order chi connectivity index (χ1) is 6.09. The van der Waals surface area contributed by atoms with Gasteiger partial charge in [0.15, 0.2) is 0 Å². The molecule has 0 aliphatic rings. The molecule has 5 heteroatoms. The Morgan fingerprint density at radius 1 is 1.85 bits per heavy atom. The van der Waals surface area contributed by atoms with Crippen LogP contribution in [0.5, 0.6) is 0 Å². The molecule has 0 amide bonds. The van der Waals surface area contributed by atoms with Crippen molar-refractivity contribution in [3.8, 4) is 0 Å². The largest absolute Gasteiger partial charge is 0.480 e. The minimum Gasteiger partial charge on any atom is -0.480 e. The zero-order chi connectivity index (χ0) is 9.84. The summed E-state index contributed by atoms with van der Waals surface area (Å²) in [4.78, 5) is 14.3. The number of hydrogen-bond donors (Lipinski definition) is 2. The second-order valence-electron chi connectivity index (χ2n) is 2.91. The van der Waals surface area contributed by atoms with Crippen LogP contribution in [0, 0.1) is 0 Å². The zero-order valence-electron chi connectivity index (χ0n) is 7.34. The number of rotatable bonds is 3. The van der Waals surface area contributed by atoms with Crippen molar-refractivity contribution >= 4 is 5.97 Å². The van der Waals surface area contributed by atoms with Gasteiger partial charge in [-0.3, -0.25) is 4.79 Å². The summed E-state index contributed by atoms with van der Waals surface area (Å²) in [6.07, 6.45) is 5.35. The first-order valence-corrected chi connectivity index (χ1v) is 3.87. The van der Waals surface area contributed by atoms with Crippen LogP contribution in [-0.4, -0.2) is 22.1 Å². The summed E-state index contributed by atoms with van der Waals surface area (Å²) in [5.41, 5.74) is 6.18. The fourth-order valence-electron chi connectivity index (χ4n) is 1.01. The lowest BCUT2D eigenvalue weighted by Crippen LogP contribution is -2.34. The summed E-state index contributed by atoms with van der Waals surface area (Å²) in [7, 11) is 1.82. The molecule has 1 heterocycles. The number of aliphatic carboxylic acids is 1. The highest BCUT2D eigenvalue weighted by molar-refractivity contribution is 5.73. The number of nitrogens with two attached hydrogens (primary N) is 1. The average Bonchev–Trinajstić information content (AvgIpc) is 2.04. The van der Waals surface area contributed by atoms with Gasteiger partial charge in [0.1, 0.15) is 12.2 Å². The van der Waals surface area contributed by atoms with Crippen molar-refractivity contribution in [3.63, 3.8) is 0 Å². The molecule has 0 aliphatic heterocycles. The highest BCUT2D eigenvalue weighted by atomic mass is 16.4. The molecule has 0 aliphatic carbocycles. The number of carboxylic acid groups (broad SMARTS) is 1. The van der Waals surface area contributed by atoms with Gasteiger partial charge in [0.05, 0.1) is 13.2 Å². The van der Waals surface area contributed by atoms with Gasteiger partial charge in [0.25, 0.3) is 6.33 Å². The van der Waals surface area contributed by atoms with Gasteiger partial charge < -0.3 is 10.8 Å². The molecule has 1 aromatic rings. The van der Waals surface area contributed by atoms with E-state index in [1.54, 1.807) is 23.3 Å². The van der Waals surface area contributed by atoms with Crippen LogP contribution in [0.3, 0.4) is 0 Å². The first kappa shape index (κ1) is 9.60. The van der Waals surface area contributed by atoms with E-state index in [0.717, 1.165) is 5.56 Å². The van der Waals surface area contributed by atoms with Crippen LogP contribution in [0.1, 0.15) is 5.56 Å². The monoisotopic (exact) mass is 182 g/mol. The molecule has 0 radical (unpaired) electrons. The number of carbonyl (C=O) groups is 1. The zero-order valence-corrected chi connectivity index (χ0v) is 7.34. The van der Waals surface area contributed by atoms with E-state index in [0.29, 0.717) is 6.42 Å². The molecule has 70 valence electrons. The molecule has 1 unspecified atom stereocenters. The van der Waals surface area contributed by atoms with Crippen LogP contribution in [0.2, 0.25) is 0 Å². The van der Waals surface area contributed by atoms with Gasteiger partial charge in [-0.2, -0.15) is 0 Å². The number of hydrogen-bond acceptors (Lipinski definition) is 3. The van der Waals surface area contributed by atoms with Crippen LogP contribution in [-0.2, 0) is 18.3 Å². The molecule has 1 rings (SSSR count). The number of aryl methyl sites for hydroxylation is 1. The van der Waals surface area contributed by atoms with Crippen molar-refractivity contribution < 1.29 is 14.5 Å². The minimum absolute atomic E-state index is 0.303. The molecule has 13 heavy (non-hydrogen) atoms. The van der Waals surface area contributed by atoms with Crippen LogP contribution in [0.25, 0.3) is 0 Å². The van der Waals surface area contributed by atoms with Gasteiger partial charge in [-0.25, -0.2) is 4.57 Å². The molecular weight excluding hydrogens is 170 g/mol. The van der Waals surface area contributed by atoms with Crippen molar-refractivity contribution in [3.05, 3.63) is 24.3 Å². The summed E-state index contributed by atoms with van der Waals surface area (Å²) >= 11 is 0. The maximum atomic E-state index is 10.4. The SMILES string of the molecule is C[n+]1cncc(CC(N)C(=O)O)c1. The highest BCUT2D eigenvalue weighted by Gasteiger charge is 2.13. The Morgan fingerprint density at radius 2 is 2.54 bits per heavy atom. The maximum Gasteiger partial charge on any atom is 0.320 e. The lowest BCUT2D eigenvalue weighted by atomic mass is 10.1. The Morgan fingerprint density at radius 3 is 3.08 bits per heavy atom. The fourth-order valence-corrected chi connectivity index (χ4v) is 1.01. The third-order valence-corrected chi connectivity index (χ3v) is 1.63. The lowest BCUT2D eigenvalue weighted by Gasteiger charge is -2.03. The molecule has 0 saturated heterocycles. The predicted molar refractivity (Wildman–Crippen MR) is 44.7 cm³/mol. The van der Waals surface area contributed by atoms with E-state index in [1.165, 1.54) is 0 Å². The molecule has 0 spiro atoms. The van der Waals surface area contributed by atoms with Crippen molar-refractivity contribution in [1.82, 2.24) is 4.98 Å². The minimum atomic E-state index is -0.994. The molecule has 1 atom stereocenters. The Balaban J connectivity index is 2.69. The summed E-state index contributed by atoms with van der Waals surface area (Å²) in [5.74, 6) is -0.994. The van der Waals surface area contributed by atoms with Gasteiger partial charge >= 0.3 is 5.97 Å². The Labute approximate surface area is 75.8 Å². The second kappa shape index (κ2) is 3.95. The molecule has 3 N–H and O–H groups in total. The Kier molecular flexibility index (Phi) is 2.92. The van der Waals surface area contributed by atoms with Crippen molar-refractivity contribution in [2.24, 2.45) is 12.8 Å². The first-order valence-electron chi connectivity index (χ1n) is 3.87. The summed E-state index contributed by atoms with van der Waals surface area (Å²) in [6.45, 7) is 0. The normalized spacial score (nSPS) is 12.5. The summed E-state index contributed by atoms with van der Waals surface area (Å²) < 4.78 is 1.75. The van der Waals surface area contributed by atoms with Crippen LogP contribution < -0.4 is 10.3 Å². The number of aromatic nitrogens is 2. The lowest BCUT2D eigenvalue weighted by molar-refractivity contribution is -0.675. The summed E-state index contributed by atoms with van der Waals surface area (Å²) in [5, 5.41) is 8.56. The highest BCUT2D eigenvalue weighted by Crippen LogP contribution is 1.96. The topological polar surface area (TPSA) is 80.1 Å². The second-order valence-corrected chi connectivity index (χ2v) is 2.91. The predicted octanol–water partition coefficient (Wildman–Crippen LogP) is -1.14. The van der Waals surface area contributed by atoms with E-state index >= 15 is 0 Å². The third-order valence-electron chi connectivity index (χ3n) is 1.63. The Bertz CT molecular complexity index is 314. The molecule has 0 aromatic carbocycles. The fraction of sp³-hybridized carbons (Fsp3) is 0.375. The van der Waals surface area contributed by atoms with Crippen molar-refractivity contribution in [2.45, 2.75) is 12.5 Å². The smallest absolute Gasteiger partial charge is 0.320 e. The van der Waals surface area contributed by atoms with E-state index in [4.69, 9.17) is 10.8 Å². The van der Waals surface area contributed by atoms with Gasteiger partial charge in [0, 0.05) is 12.0 Å². The van der Waals surface area contributed by atoms with E-state index in [9.17, 15) is 4.79 Å². The molecular formula is C8H12N3O2+. The van der Waals surface area contributed by atoms with Gasteiger partial charge in [-0.05, 0) is 0 Å². The van der Waals surface area contributed by atoms with E-state index in [-0.39, 0.29) is 0 Å². The van der Waals surface area contributed by atoms with Crippen LogP contribution >= 0.6 is 0 Å². The van der Waals surface area contributed by atoms with Gasteiger partial charge in [-0.15, -0.1) is 0 Å². The number of carboxylic acids is 1. The molecule has 0 saturated carbocycles. The van der Waals surface area contributed by atoms with Crippen LogP contribution in [0.15, 0.2) is 18.7 Å². The van der Waals surface area contributed by atoms with Crippen LogP contribution in [0.4, 0.5) is 0 Å². The van der Waals surface area contributed by atoms with Crippen molar-refractivity contribution in [1.29, 1.82) is 0 Å². The Hall–Kier alpha value is -1.49.